The summed E-state index contributed by atoms with van der Waals surface area (Å²) < 4.78 is 10.4. The molecule has 0 aromatic carbocycles. The average molecular weight is 380 g/mol. The predicted octanol–water partition coefficient (Wildman–Crippen LogP) is 1.91. The first-order valence-corrected chi connectivity index (χ1v) is 10.2. The highest BCUT2D eigenvalue weighted by atomic mass is 16.5. The van der Waals surface area contributed by atoms with E-state index < -0.39 is 41.4 Å². The molecule has 4 aliphatic rings. The van der Waals surface area contributed by atoms with E-state index in [1.54, 1.807) is 0 Å². The summed E-state index contributed by atoms with van der Waals surface area (Å²) in [6, 6.07) is 0. The van der Waals surface area contributed by atoms with Gasteiger partial charge in [0.1, 0.15) is 6.61 Å². The molecule has 8 unspecified atom stereocenters. The molecular weight excluding hydrogens is 348 g/mol. The van der Waals surface area contributed by atoms with Gasteiger partial charge in [0.2, 0.25) is 0 Å². The first kappa shape index (κ1) is 19.2. The Balaban J connectivity index is 1.85. The molecule has 0 bridgehead atoms. The number of aliphatic hydroxyl groups excluding tert-OH is 2. The van der Waals surface area contributed by atoms with E-state index in [-0.39, 0.29) is 29.3 Å². The van der Waals surface area contributed by atoms with Crippen molar-refractivity contribution < 1.29 is 29.3 Å². The fourth-order valence-electron chi connectivity index (χ4n) is 7.93. The van der Waals surface area contributed by atoms with Gasteiger partial charge in [-0.2, -0.15) is 0 Å². The summed E-state index contributed by atoms with van der Waals surface area (Å²) in [4.78, 5) is 25.1. The molecule has 4 fully saturated rings. The number of aliphatic hydroxyl groups is 2. The van der Waals surface area contributed by atoms with Crippen LogP contribution >= 0.6 is 0 Å². The van der Waals surface area contributed by atoms with E-state index in [2.05, 4.69) is 20.8 Å². The Hall–Kier alpha value is -1.14. The topological polar surface area (TPSA) is 93.1 Å². The van der Waals surface area contributed by atoms with Crippen molar-refractivity contribution in [1.82, 2.24) is 0 Å². The Morgan fingerprint density at radius 2 is 1.89 bits per heavy atom. The maximum atomic E-state index is 12.7. The molecule has 3 saturated carbocycles. The van der Waals surface area contributed by atoms with Crippen LogP contribution in [0.4, 0.5) is 0 Å². The average Bonchev–Trinajstić information content (AvgIpc) is 2.96. The first-order valence-electron chi connectivity index (χ1n) is 10.2. The maximum Gasteiger partial charge on any atom is 0.310 e. The van der Waals surface area contributed by atoms with Gasteiger partial charge in [0.05, 0.1) is 36.6 Å². The summed E-state index contributed by atoms with van der Waals surface area (Å²) in [5.74, 6) is -2.22. The van der Waals surface area contributed by atoms with Crippen molar-refractivity contribution in [2.75, 3.05) is 13.7 Å². The highest BCUT2D eigenvalue weighted by molar-refractivity contribution is 5.84. The van der Waals surface area contributed by atoms with Gasteiger partial charge in [0.25, 0.3) is 0 Å². The number of fused-ring (bicyclic) bond motifs is 2. The zero-order valence-electron chi connectivity index (χ0n) is 16.7. The first-order chi connectivity index (χ1) is 12.6. The third-order valence-electron chi connectivity index (χ3n) is 8.72. The van der Waals surface area contributed by atoms with Crippen LogP contribution in [-0.4, -0.2) is 48.1 Å². The standard InChI is InChI=1S/C21H32O6/c1-19(2)8-5-9-20(3)12-7-6-11(17(24)26-4)13-18(25)27-10-21(12,13)16(23)14(22)15(19)20/h11-16,22-23H,5-10H2,1-4H3. The summed E-state index contributed by atoms with van der Waals surface area (Å²) >= 11 is 0. The summed E-state index contributed by atoms with van der Waals surface area (Å²) in [6.45, 7) is 6.65. The van der Waals surface area contributed by atoms with Crippen LogP contribution in [0.2, 0.25) is 0 Å². The second-order valence-corrected chi connectivity index (χ2v) is 10.2. The van der Waals surface area contributed by atoms with Crippen LogP contribution in [0.1, 0.15) is 52.9 Å². The highest BCUT2D eigenvalue weighted by Gasteiger charge is 2.74. The largest absolute Gasteiger partial charge is 0.469 e. The lowest BCUT2D eigenvalue weighted by molar-refractivity contribution is -0.267. The summed E-state index contributed by atoms with van der Waals surface area (Å²) in [5, 5.41) is 22.7. The zero-order chi connectivity index (χ0) is 19.8. The molecule has 1 spiro atoms. The van der Waals surface area contributed by atoms with E-state index >= 15 is 0 Å². The molecule has 0 radical (unpaired) electrons. The number of esters is 2. The molecule has 6 nitrogen and oxygen atoms in total. The number of cyclic esters (lactones) is 1. The van der Waals surface area contributed by atoms with Crippen molar-refractivity contribution in [1.29, 1.82) is 0 Å². The van der Waals surface area contributed by atoms with Gasteiger partial charge >= 0.3 is 11.9 Å². The molecule has 27 heavy (non-hydrogen) atoms. The molecule has 3 aliphatic carbocycles. The van der Waals surface area contributed by atoms with Gasteiger partial charge < -0.3 is 19.7 Å². The lowest BCUT2D eigenvalue weighted by Gasteiger charge is -2.67. The van der Waals surface area contributed by atoms with Crippen molar-refractivity contribution in [3.05, 3.63) is 0 Å². The maximum absolute atomic E-state index is 12.7. The Kier molecular flexibility index (Phi) is 4.21. The van der Waals surface area contributed by atoms with Gasteiger partial charge in [-0.15, -0.1) is 0 Å². The lowest BCUT2D eigenvalue weighted by Crippen LogP contribution is -2.71. The minimum Gasteiger partial charge on any atom is -0.469 e. The Labute approximate surface area is 160 Å². The van der Waals surface area contributed by atoms with Gasteiger partial charge in [-0.3, -0.25) is 9.59 Å². The molecule has 4 rings (SSSR count). The molecule has 1 saturated heterocycles. The van der Waals surface area contributed by atoms with E-state index in [0.717, 1.165) is 25.7 Å². The van der Waals surface area contributed by atoms with Crippen molar-refractivity contribution in [2.45, 2.75) is 65.1 Å². The van der Waals surface area contributed by atoms with Gasteiger partial charge in [-0.25, -0.2) is 0 Å². The lowest BCUT2D eigenvalue weighted by atomic mass is 9.37. The third-order valence-corrected chi connectivity index (χ3v) is 8.72. The number of ether oxygens (including phenoxy) is 2. The van der Waals surface area contributed by atoms with Crippen LogP contribution in [0.3, 0.4) is 0 Å². The molecule has 0 aromatic rings. The summed E-state index contributed by atoms with van der Waals surface area (Å²) in [6.07, 6.45) is 2.32. The minimum atomic E-state index is -1.08. The molecular formula is C21H32O6. The van der Waals surface area contributed by atoms with E-state index in [9.17, 15) is 19.8 Å². The van der Waals surface area contributed by atoms with Crippen LogP contribution in [0.5, 0.6) is 0 Å². The van der Waals surface area contributed by atoms with Crippen LogP contribution in [0, 0.1) is 39.9 Å². The van der Waals surface area contributed by atoms with Gasteiger partial charge in [0.15, 0.2) is 0 Å². The third kappa shape index (κ3) is 2.26. The van der Waals surface area contributed by atoms with Gasteiger partial charge in [-0.1, -0.05) is 27.2 Å². The number of rotatable bonds is 1. The number of hydrogen-bond donors (Lipinski definition) is 2. The van der Waals surface area contributed by atoms with E-state index in [4.69, 9.17) is 9.47 Å². The van der Waals surface area contributed by atoms with Gasteiger partial charge in [-0.05, 0) is 48.3 Å². The molecule has 2 N–H and O–H groups in total. The minimum absolute atomic E-state index is 0.0327. The van der Waals surface area contributed by atoms with E-state index in [1.165, 1.54) is 7.11 Å². The van der Waals surface area contributed by atoms with Crippen molar-refractivity contribution in [3.8, 4) is 0 Å². The smallest absolute Gasteiger partial charge is 0.310 e. The monoisotopic (exact) mass is 380 g/mol. The zero-order valence-corrected chi connectivity index (χ0v) is 16.7. The molecule has 0 amide bonds. The second kappa shape index (κ2) is 5.93. The molecule has 152 valence electrons. The normalized spacial score (nSPS) is 50.8. The van der Waals surface area contributed by atoms with Crippen LogP contribution < -0.4 is 0 Å². The van der Waals surface area contributed by atoms with Crippen LogP contribution in [0.25, 0.3) is 0 Å². The van der Waals surface area contributed by atoms with Crippen LogP contribution in [-0.2, 0) is 19.1 Å². The number of methoxy groups -OCH3 is 1. The number of carbonyl (C=O) groups excluding carboxylic acids is 2. The quantitative estimate of drug-likeness (QED) is 0.675. The molecule has 8 atom stereocenters. The fraction of sp³-hybridized carbons (Fsp3) is 0.905. The van der Waals surface area contributed by atoms with E-state index in [1.807, 2.05) is 0 Å². The molecule has 1 heterocycles. The Morgan fingerprint density at radius 3 is 2.56 bits per heavy atom. The molecule has 0 aromatic heterocycles. The number of carbonyl (C=O) groups is 2. The van der Waals surface area contributed by atoms with Gasteiger partial charge in [0, 0.05) is 0 Å². The van der Waals surface area contributed by atoms with E-state index in [0.29, 0.717) is 6.42 Å². The van der Waals surface area contributed by atoms with Crippen molar-refractivity contribution >= 4 is 11.9 Å². The predicted molar refractivity (Wildman–Crippen MR) is 96.4 cm³/mol. The summed E-state index contributed by atoms with van der Waals surface area (Å²) in [7, 11) is 1.33. The molecule has 6 heteroatoms. The molecule has 1 aliphatic heterocycles. The SMILES string of the molecule is COC(=O)C1CCC2C3(C)CCCC(C)(C)C3C(O)C(O)C23COC(=O)C13. The fourth-order valence-corrected chi connectivity index (χ4v) is 7.93. The highest BCUT2D eigenvalue weighted by Crippen LogP contribution is 2.70. The van der Waals surface area contributed by atoms with Crippen molar-refractivity contribution in [3.63, 3.8) is 0 Å². The Bertz CT molecular complexity index is 659. The van der Waals surface area contributed by atoms with Crippen LogP contribution in [0.15, 0.2) is 0 Å². The number of hydrogen-bond acceptors (Lipinski definition) is 6. The Morgan fingerprint density at radius 1 is 1.19 bits per heavy atom. The van der Waals surface area contributed by atoms with Crippen molar-refractivity contribution in [2.24, 2.45) is 39.9 Å². The summed E-state index contributed by atoms with van der Waals surface area (Å²) in [5.41, 5.74) is -1.20. The second-order valence-electron chi connectivity index (χ2n) is 10.2.